The SMILES string of the molecule is CCOCc1ccc(C)c(Cc2ncc(-c3ccc(-n4ccnc4)cc3)o2)c1. The van der Waals surface area contributed by atoms with Crippen LogP contribution < -0.4 is 0 Å². The summed E-state index contributed by atoms with van der Waals surface area (Å²) < 4.78 is 13.5. The summed E-state index contributed by atoms with van der Waals surface area (Å²) >= 11 is 0. The first-order valence-corrected chi connectivity index (χ1v) is 9.42. The summed E-state index contributed by atoms with van der Waals surface area (Å²) in [6, 6.07) is 14.6. The van der Waals surface area contributed by atoms with Gasteiger partial charge in [0.2, 0.25) is 0 Å². The fraction of sp³-hybridized carbons (Fsp3) is 0.217. The molecular weight excluding hydrogens is 350 g/mol. The predicted molar refractivity (Wildman–Crippen MR) is 108 cm³/mol. The minimum atomic E-state index is 0.629. The van der Waals surface area contributed by atoms with Crippen molar-refractivity contribution in [2.45, 2.75) is 26.9 Å². The summed E-state index contributed by atoms with van der Waals surface area (Å²) in [4.78, 5) is 8.56. The predicted octanol–water partition coefficient (Wildman–Crippen LogP) is 4.96. The Morgan fingerprint density at radius 2 is 1.96 bits per heavy atom. The van der Waals surface area contributed by atoms with Gasteiger partial charge in [-0.2, -0.15) is 0 Å². The summed E-state index contributed by atoms with van der Waals surface area (Å²) in [7, 11) is 0. The zero-order chi connectivity index (χ0) is 19.3. The van der Waals surface area contributed by atoms with Crippen LogP contribution in [0.15, 0.2) is 71.8 Å². The fourth-order valence-corrected chi connectivity index (χ4v) is 3.12. The number of aryl methyl sites for hydroxylation is 1. The first kappa shape index (κ1) is 18.2. The second-order valence-corrected chi connectivity index (χ2v) is 6.71. The first-order chi connectivity index (χ1) is 13.7. The summed E-state index contributed by atoms with van der Waals surface area (Å²) in [6.45, 7) is 5.46. The van der Waals surface area contributed by atoms with E-state index in [2.05, 4.69) is 35.1 Å². The Balaban J connectivity index is 1.50. The van der Waals surface area contributed by atoms with Crippen molar-refractivity contribution in [3.63, 3.8) is 0 Å². The number of rotatable bonds is 7. The van der Waals surface area contributed by atoms with Crippen LogP contribution in [0.1, 0.15) is 29.5 Å². The molecule has 2 heterocycles. The van der Waals surface area contributed by atoms with Gasteiger partial charge in [-0.15, -0.1) is 0 Å². The lowest BCUT2D eigenvalue weighted by Crippen LogP contribution is -1.97. The molecule has 0 spiro atoms. The molecule has 0 atom stereocenters. The average Bonchev–Trinajstić information content (AvgIpc) is 3.41. The number of benzene rings is 2. The standard InChI is InChI=1S/C23H23N3O2/c1-3-27-15-18-5-4-17(2)20(12-18)13-23-25-14-22(28-23)19-6-8-21(9-7-19)26-11-10-24-16-26/h4-12,14,16H,3,13,15H2,1-2H3. The number of ether oxygens (including phenoxy) is 1. The fourth-order valence-electron chi connectivity index (χ4n) is 3.12. The molecule has 0 aliphatic heterocycles. The number of nitrogens with zero attached hydrogens (tertiary/aromatic N) is 3. The van der Waals surface area contributed by atoms with Crippen LogP contribution >= 0.6 is 0 Å². The average molecular weight is 373 g/mol. The van der Waals surface area contributed by atoms with E-state index in [4.69, 9.17) is 9.15 Å². The molecule has 4 rings (SSSR count). The van der Waals surface area contributed by atoms with Crippen LogP contribution in [0.5, 0.6) is 0 Å². The molecule has 0 aliphatic rings. The summed E-state index contributed by atoms with van der Waals surface area (Å²) in [6.07, 6.45) is 7.93. The maximum Gasteiger partial charge on any atom is 0.199 e. The molecule has 0 unspecified atom stereocenters. The zero-order valence-corrected chi connectivity index (χ0v) is 16.1. The highest BCUT2D eigenvalue weighted by molar-refractivity contribution is 5.58. The number of hydrogen-bond donors (Lipinski definition) is 0. The van der Waals surface area contributed by atoms with E-state index in [1.807, 2.05) is 42.0 Å². The minimum absolute atomic E-state index is 0.629. The normalized spacial score (nSPS) is 11.1. The Hall–Kier alpha value is -3.18. The van der Waals surface area contributed by atoms with Crippen molar-refractivity contribution in [1.29, 1.82) is 0 Å². The Labute approximate surface area is 164 Å². The molecule has 4 aromatic rings. The molecule has 2 aromatic heterocycles. The maximum atomic E-state index is 6.02. The molecule has 28 heavy (non-hydrogen) atoms. The topological polar surface area (TPSA) is 53.1 Å². The minimum Gasteiger partial charge on any atom is -0.440 e. The van der Waals surface area contributed by atoms with Crippen molar-refractivity contribution in [1.82, 2.24) is 14.5 Å². The lowest BCUT2D eigenvalue weighted by Gasteiger charge is -2.08. The number of imidazole rings is 1. The number of oxazole rings is 1. The molecule has 142 valence electrons. The van der Waals surface area contributed by atoms with Crippen molar-refractivity contribution < 1.29 is 9.15 Å². The van der Waals surface area contributed by atoms with Gasteiger partial charge in [0.05, 0.1) is 19.1 Å². The summed E-state index contributed by atoms with van der Waals surface area (Å²) in [5, 5.41) is 0. The van der Waals surface area contributed by atoms with Crippen LogP contribution in [0.4, 0.5) is 0 Å². The van der Waals surface area contributed by atoms with Crippen LogP contribution in [0.25, 0.3) is 17.0 Å². The van der Waals surface area contributed by atoms with Crippen molar-refractivity contribution in [2.75, 3.05) is 6.61 Å². The zero-order valence-electron chi connectivity index (χ0n) is 16.1. The Morgan fingerprint density at radius 3 is 2.71 bits per heavy atom. The van der Waals surface area contributed by atoms with Crippen molar-refractivity contribution in [3.8, 4) is 17.0 Å². The van der Waals surface area contributed by atoms with Gasteiger partial charge in [0.25, 0.3) is 0 Å². The monoisotopic (exact) mass is 373 g/mol. The van der Waals surface area contributed by atoms with Crippen LogP contribution in [-0.2, 0) is 17.8 Å². The van der Waals surface area contributed by atoms with Gasteiger partial charge >= 0.3 is 0 Å². The van der Waals surface area contributed by atoms with E-state index in [0.717, 1.165) is 17.0 Å². The highest BCUT2D eigenvalue weighted by atomic mass is 16.5. The molecule has 0 N–H and O–H groups in total. The summed E-state index contributed by atoms with van der Waals surface area (Å²) in [5.74, 6) is 1.49. The molecule has 0 radical (unpaired) electrons. The van der Waals surface area contributed by atoms with Gasteiger partial charge in [-0.25, -0.2) is 9.97 Å². The first-order valence-electron chi connectivity index (χ1n) is 9.42. The van der Waals surface area contributed by atoms with E-state index in [-0.39, 0.29) is 0 Å². The van der Waals surface area contributed by atoms with Crippen molar-refractivity contribution in [2.24, 2.45) is 0 Å². The van der Waals surface area contributed by atoms with E-state index in [1.165, 1.54) is 16.7 Å². The van der Waals surface area contributed by atoms with Crippen LogP contribution in [0, 0.1) is 6.92 Å². The third kappa shape index (κ3) is 4.05. The van der Waals surface area contributed by atoms with Gasteiger partial charge in [0.15, 0.2) is 11.7 Å². The van der Waals surface area contributed by atoms with Crippen LogP contribution in [0.2, 0.25) is 0 Å². The van der Waals surface area contributed by atoms with Gasteiger partial charge in [-0.3, -0.25) is 0 Å². The lowest BCUT2D eigenvalue weighted by atomic mass is 10.0. The van der Waals surface area contributed by atoms with Gasteiger partial charge in [-0.1, -0.05) is 18.2 Å². The molecule has 0 saturated carbocycles. The molecule has 5 heteroatoms. The largest absolute Gasteiger partial charge is 0.440 e. The Bertz CT molecular complexity index is 1030. The number of aromatic nitrogens is 3. The lowest BCUT2D eigenvalue weighted by molar-refractivity contribution is 0.134. The third-order valence-corrected chi connectivity index (χ3v) is 4.74. The van der Waals surface area contributed by atoms with E-state index in [0.29, 0.717) is 25.5 Å². The molecule has 0 saturated heterocycles. The molecular formula is C23H23N3O2. The third-order valence-electron chi connectivity index (χ3n) is 4.74. The molecule has 0 bridgehead atoms. The second-order valence-electron chi connectivity index (χ2n) is 6.71. The molecule has 2 aromatic carbocycles. The van der Waals surface area contributed by atoms with Crippen LogP contribution in [-0.4, -0.2) is 21.1 Å². The van der Waals surface area contributed by atoms with E-state index in [9.17, 15) is 0 Å². The van der Waals surface area contributed by atoms with E-state index >= 15 is 0 Å². The Kier molecular flexibility index (Phi) is 5.35. The second kappa shape index (κ2) is 8.23. The Morgan fingerprint density at radius 1 is 1.11 bits per heavy atom. The van der Waals surface area contributed by atoms with Crippen molar-refractivity contribution in [3.05, 3.63) is 90.0 Å². The molecule has 0 amide bonds. The highest BCUT2D eigenvalue weighted by Gasteiger charge is 2.10. The maximum absolute atomic E-state index is 6.02. The van der Waals surface area contributed by atoms with Gasteiger partial charge in [0.1, 0.15) is 0 Å². The van der Waals surface area contributed by atoms with Gasteiger partial charge in [-0.05, 0) is 54.8 Å². The van der Waals surface area contributed by atoms with Gasteiger partial charge in [0, 0.05) is 36.7 Å². The summed E-state index contributed by atoms with van der Waals surface area (Å²) in [5.41, 5.74) is 5.67. The highest BCUT2D eigenvalue weighted by Crippen LogP contribution is 2.24. The quantitative estimate of drug-likeness (QED) is 0.459. The van der Waals surface area contributed by atoms with Crippen LogP contribution in [0.3, 0.4) is 0 Å². The van der Waals surface area contributed by atoms with Crippen molar-refractivity contribution >= 4 is 0 Å². The number of hydrogen-bond acceptors (Lipinski definition) is 4. The molecule has 0 aliphatic carbocycles. The smallest absolute Gasteiger partial charge is 0.199 e. The molecule has 0 fully saturated rings. The van der Waals surface area contributed by atoms with E-state index in [1.54, 1.807) is 18.7 Å². The van der Waals surface area contributed by atoms with E-state index < -0.39 is 0 Å². The molecule has 5 nitrogen and oxygen atoms in total. The van der Waals surface area contributed by atoms with Gasteiger partial charge < -0.3 is 13.7 Å².